The van der Waals surface area contributed by atoms with Crippen LogP contribution in [0.2, 0.25) is 0 Å². The highest BCUT2D eigenvalue weighted by Gasteiger charge is 2.22. The summed E-state index contributed by atoms with van der Waals surface area (Å²) in [5.41, 5.74) is 0.520. The predicted octanol–water partition coefficient (Wildman–Crippen LogP) is 3.28. The van der Waals surface area contributed by atoms with Crippen molar-refractivity contribution < 1.29 is 13.9 Å². The molecular formula is C17H18FNO2. The molecule has 0 bridgehead atoms. The maximum absolute atomic E-state index is 13.8. The normalized spacial score (nSPS) is 22.2. The van der Waals surface area contributed by atoms with E-state index < -0.39 is 0 Å². The predicted molar refractivity (Wildman–Crippen MR) is 79.8 cm³/mol. The lowest BCUT2D eigenvalue weighted by molar-refractivity contribution is 0.0137. The van der Waals surface area contributed by atoms with Crippen LogP contribution in [0.25, 0.3) is 10.8 Å². The molecule has 1 amide bonds. The third-order valence-corrected chi connectivity index (χ3v) is 3.94. The largest absolute Gasteiger partial charge is 0.378 e. The fourth-order valence-corrected chi connectivity index (χ4v) is 2.85. The van der Waals surface area contributed by atoms with Crippen molar-refractivity contribution in [2.24, 2.45) is 0 Å². The molecule has 1 aliphatic rings. The van der Waals surface area contributed by atoms with Gasteiger partial charge in [-0.15, -0.1) is 0 Å². The topological polar surface area (TPSA) is 38.3 Å². The Labute approximate surface area is 123 Å². The molecule has 1 N–H and O–H groups in total. The Morgan fingerprint density at radius 3 is 2.76 bits per heavy atom. The molecule has 0 saturated carbocycles. The second kappa shape index (κ2) is 5.82. The lowest BCUT2D eigenvalue weighted by Crippen LogP contribution is -2.41. The molecule has 2 aromatic rings. The summed E-state index contributed by atoms with van der Waals surface area (Å²) in [5.74, 6) is -0.452. The van der Waals surface area contributed by atoms with Gasteiger partial charge in [0.15, 0.2) is 0 Å². The summed E-state index contributed by atoms with van der Waals surface area (Å²) in [6.45, 7) is 2.67. The lowest BCUT2D eigenvalue weighted by atomic mass is 10.0. The fraction of sp³-hybridized carbons (Fsp3) is 0.353. The van der Waals surface area contributed by atoms with Crippen molar-refractivity contribution in [1.29, 1.82) is 0 Å². The van der Waals surface area contributed by atoms with Crippen molar-refractivity contribution in [3.05, 3.63) is 47.8 Å². The van der Waals surface area contributed by atoms with E-state index in [1.165, 1.54) is 6.07 Å². The smallest absolute Gasteiger partial charge is 0.252 e. The van der Waals surface area contributed by atoms with Crippen LogP contribution >= 0.6 is 0 Å². The molecule has 0 aliphatic carbocycles. The Kier molecular flexibility index (Phi) is 3.88. The third-order valence-electron chi connectivity index (χ3n) is 3.94. The van der Waals surface area contributed by atoms with E-state index in [4.69, 9.17) is 4.74 Å². The van der Waals surface area contributed by atoms with Crippen molar-refractivity contribution in [1.82, 2.24) is 5.32 Å². The zero-order valence-corrected chi connectivity index (χ0v) is 11.9. The molecule has 1 heterocycles. The average Bonchev–Trinajstić information content (AvgIpc) is 2.48. The van der Waals surface area contributed by atoms with E-state index in [2.05, 4.69) is 5.32 Å². The highest BCUT2D eigenvalue weighted by atomic mass is 19.1. The van der Waals surface area contributed by atoms with Crippen LogP contribution in [0.4, 0.5) is 4.39 Å². The Balaban J connectivity index is 1.86. The van der Waals surface area contributed by atoms with Gasteiger partial charge in [-0.1, -0.05) is 24.3 Å². The summed E-state index contributed by atoms with van der Waals surface area (Å²) in [5, 5.41) is 4.16. The van der Waals surface area contributed by atoms with Crippen LogP contribution in [0.15, 0.2) is 36.4 Å². The molecule has 21 heavy (non-hydrogen) atoms. The highest BCUT2D eigenvalue weighted by Crippen LogP contribution is 2.22. The van der Waals surface area contributed by atoms with Gasteiger partial charge < -0.3 is 10.1 Å². The fourth-order valence-electron chi connectivity index (χ4n) is 2.85. The Morgan fingerprint density at radius 2 is 2.00 bits per heavy atom. The first-order valence-corrected chi connectivity index (χ1v) is 7.25. The lowest BCUT2D eigenvalue weighted by Gasteiger charge is -2.28. The maximum Gasteiger partial charge on any atom is 0.252 e. The minimum atomic E-state index is -0.304. The summed E-state index contributed by atoms with van der Waals surface area (Å²) in [4.78, 5) is 12.5. The number of ether oxygens (including phenoxy) is 1. The van der Waals surface area contributed by atoms with Gasteiger partial charge in [0, 0.05) is 23.6 Å². The Hall–Kier alpha value is -1.94. The minimum absolute atomic E-state index is 0.116. The molecular weight excluding hydrogens is 269 g/mol. The molecule has 0 aromatic heterocycles. The van der Waals surface area contributed by atoms with Crippen molar-refractivity contribution in [3.8, 4) is 0 Å². The number of fused-ring (bicyclic) bond motifs is 1. The van der Waals surface area contributed by atoms with E-state index in [0.29, 0.717) is 22.9 Å². The number of carbonyl (C=O) groups is 1. The monoisotopic (exact) mass is 287 g/mol. The van der Waals surface area contributed by atoms with Gasteiger partial charge in [0.05, 0.1) is 6.10 Å². The van der Waals surface area contributed by atoms with E-state index >= 15 is 0 Å². The van der Waals surface area contributed by atoms with Gasteiger partial charge in [0.2, 0.25) is 0 Å². The van der Waals surface area contributed by atoms with E-state index in [-0.39, 0.29) is 23.9 Å². The number of carbonyl (C=O) groups excluding carboxylic acids is 1. The molecule has 1 fully saturated rings. The summed E-state index contributed by atoms with van der Waals surface area (Å²) >= 11 is 0. The van der Waals surface area contributed by atoms with Crippen LogP contribution in [0.5, 0.6) is 0 Å². The molecule has 2 unspecified atom stereocenters. The first kappa shape index (κ1) is 14.0. The van der Waals surface area contributed by atoms with E-state index in [1.807, 2.05) is 13.0 Å². The van der Waals surface area contributed by atoms with Crippen molar-refractivity contribution in [2.45, 2.75) is 31.9 Å². The van der Waals surface area contributed by atoms with Crippen LogP contribution in [-0.4, -0.2) is 24.7 Å². The van der Waals surface area contributed by atoms with E-state index in [0.717, 1.165) is 12.8 Å². The molecule has 4 heteroatoms. The first-order valence-electron chi connectivity index (χ1n) is 7.25. The number of hydrogen-bond acceptors (Lipinski definition) is 2. The Morgan fingerprint density at radius 1 is 1.24 bits per heavy atom. The van der Waals surface area contributed by atoms with Crippen LogP contribution in [0, 0.1) is 5.82 Å². The zero-order chi connectivity index (χ0) is 14.8. The quantitative estimate of drug-likeness (QED) is 0.920. The van der Waals surface area contributed by atoms with E-state index in [1.54, 1.807) is 24.3 Å². The average molecular weight is 287 g/mol. The van der Waals surface area contributed by atoms with Gasteiger partial charge in [0.1, 0.15) is 5.82 Å². The first-order chi connectivity index (χ1) is 10.1. The summed E-state index contributed by atoms with van der Waals surface area (Å²) < 4.78 is 19.3. The third kappa shape index (κ3) is 2.90. The summed E-state index contributed by atoms with van der Waals surface area (Å²) in [6.07, 6.45) is 1.79. The second-order valence-electron chi connectivity index (χ2n) is 5.52. The molecule has 110 valence electrons. The van der Waals surface area contributed by atoms with Crippen molar-refractivity contribution >= 4 is 16.7 Å². The number of halogens is 1. The number of amides is 1. The second-order valence-corrected chi connectivity index (χ2v) is 5.52. The number of nitrogens with one attached hydrogen (secondary N) is 1. The van der Waals surface area contributed by atoms with E-state index in [9.17, 15) is 9.18 Å². The van der Waals surface area contributed by atoms with Gasteiger partial charge in [-0.05, 0) is 37.3 Å². The number of rotatable bonds is 2. The van der Waals surface area contributed by atoms with Crippen LogP contribution in [-0.2, 0) is 4.74 Å². The summed E-state index contributed by atoms with van der Waals surface area (Å²) in [7, 11) is 0. The maximum atomic E-state index is 13.8. The van der Waals surface area contributed by atoms with Gasteiger partial charge in [0.25, 0.3) is 5.91 Å². The SMILES string of the molecule is CC1CC(NC(=O)c2ccc(F)c3ccccc23)CCO1. The van der Waals surface area contributed by atoms with Crippen LogP contribution in [0.1, 0.15) is 30.1 Å². The van der Waals surface area contributed by atoms with Crippen molar-refractivity contribution in [3.63, 3.8) is 0 Å². The summed E-state index contributed by atoms with van der Waals surface area (Å²) in [6, 6.07) is 10.1. The zero-order valence-electron chi connectivity index (χ0n) is 11.9. The molecule has 1 aliphatic heterocycles. The molecule has 2 atom stereocenters. The molecule has 2 aromatic carbocycles. The van der Waals surface area contributed by atoms with Gasteiger partial charge in [-0.2, -0.15) is 0 Å². The van der Waals surface area contributed by atoms with Gasteiger partial charge >= 0.3 is 0 Å². The molecule has 3 nitrogen and oxygen atoms in total. The van der Waals surface area contributed by atoms with Crippen LogP contribution < -0.4 is 5.32 Å². The van der Waals surface area contributed by atoms with Crippen molar-refractivity contribution in [2.75, 3.05) is 6.61 Å². The van der Waals surface area contributed by atoms with Gasteiger partial charge in [-0.3, -0.25) is 4.79 Å². The molecule has 3 rings (SSSR count). The molecule has 0 spiro atoms. The highest BCUT2D eigenvalue weighted by molar-refractivity contribution is 6.07. The molecule has 0 radical (unpaired) electrons. The number of benzene rings is 2. The number of hydrogen-bond donors (Lipinski definition) is 1. The molecule has 1 saturated heterocycles. The minimum Gasteiger partial charge on any atom is -0.378 e. The standard InChI is InChI=1S/C17H18FNO2/c1-11-10-12(8-9-21-11)19-17(20)15-6-7-16(18)14-5-3-2-4-13(14)15/h2-7,11-12H,8-10H2,1H3,(H,19,20). The van der Waals surface area contributed by atoms with Crippen LogP contribution in [0.3, 0.4) is 0 Å². The van der Waals surface area contributed by atoms with Gasteiger partial charge in [-0.25, -0.2) is 4.39 Å². The Bertz CT molecular complexity index is 671.